The number of carboxylic acid groups (broad SMARTS) is 1. The third-order valence-electron chi connectivity index (χ3n) is 1.51. The van der Waals surface area contributed by atoms with Crippen LogP contribution in [0.3, 0.4) is 0 Å². The molecule has 0 saturated heterocycles. The second-order valence-electron chi connectivity index (χ2n) is 2.98. The molecule has 0 unspecified atom stereocenters. The number of allylic oxidation sites excluding steroid dienone is 1. The van der Waals surface area contributed by atoms with Crippen molar-refractivity contribution in [2.75, 3.05) is 12.5 Å². The number of rotatable bonds is 6. The Morgan fingerprint density at radius 1 is 1.71 bits per heavy atom. The first kappa shape index (κ1) is 13.0. The number of hydrogen-bond acceptors (Lipinski definition) is 8. The van der Waals surface area contributed by atoms with Crippen LogP contribution in [0.2, 0.25) is 0 Å². The highest BCUT2D eigenvalue weighted by molar-refractivity contribution is 7.14. The van der Waals surface area contributed by atoms with Gasteiger partial charge in [-0.05, 0) is 6.92 Å². The SMILES string of the molecule is C=C(C)NNc1nc(/C(=N\OC)C(=O)[O-])cs1. The Hall–Kier alpha value is -2.09. The summed E-state index contributed by atoms with van der Waals surface area (Å²) in [6.45, 7) is 5.39. The molecule has 0 saturated carbocycles. The molecule has 0 aliphatic rings. The van der Waals surface area contributed by atoms with Gasteiger partial charge >= 0.3 is 0 Å². The van der Waals surface area contributed by atoms with Crippen molar-refractivity contribution >= 4 is 28.1 Å². The number of thiazole rings is 1. The third-order valence-corrected chi connectivity index (χ3v) is 2.26. The number of aliphatic carboxylic acids is 1. The van der Waals surface area contributed by atoms with Crippen LogP contribution in [0.25, 0.3) is 0 Å². The van der Waals surface area contributed by atoms with Gasteiger partial charge in [-0.1, -0.05) is 11.7 Å². The number of hydrogen-bond donors (Lipinski definition) is 2. The molecule has 2 N–H and O–H groups in total. The van der Waals surface area contributed by atoms with E-state index < -0.39 is 5.97 Å². The fourth-order valence-corrected chi connectivity index (χ4v) is 1.53. The van der Waals surface area contributed by atoms with Gasteiger partial charge in [-0.15, -0.1) is 11.3 Å². The Balaban J connectivity index is 2.82. The average Bonchev–Trinajstić information content (AvgIpc) is 2.71. The second-order valence-corrected chi connectivity index (χ2v) is 3.84. The number of carboxylic acids is 1. The number of oxime groups is 1. The highest BCUT2D eigenvalue weighted by atomic mass is 32.1. The Morgan fingerprint density at radius 3 is 2.94 bits per heavy atom. The zero-order valence-corrected chi connectivity index (χ0v) is 10.1. The van der Waals surface area contributed by atoms with Gasteiger partial charge in [0.2, 0.25) is 5.13 Å². The number of aromatic nitrogens is 1. The van der Waals surface area contributed by atoms with Crippen LogP contribution in [0.15, 0.2) is 22.8 Å². The molecule has 92 valence electrons. The van der Waals surface area contributed by atoms with Gasteiger partial charge in [0.05, 0.1) is 5.97 Å². The highest BCUT2D eigenvalue weighted by Gasteiger charge is 2.10. The predicted molar refractivity (Wildman–Crippen MR) is 62.2 cm³/mol. The lowest BCUT2D eigenvalue weighted by Gasteiger charge is -2.05. The summed E-state index contributed by atoms with van der Waals surface area (Å²) in [7, 11) is 1.25. The van der Waals surface area contributed by atoms with E-state index in [4.69, 9.17) is 0 Å². The first-order valence-electron chi connectivity index (χ1n) is 4.50. The standard InChI is InChI=1S/C9H12N4O3S/c1-5(2)11-12-9-10-6(4-17-9)7(8(14)15)13-16-3/h4,11H,1H2,2-3H3,(H,10,12)(H,14,15)/p-1/b13-7+. The molecule has 8 heteroatoms. The summed E-state index contributed by atoms with van der Waals surface area (Å²) in [5.41, 5.74) is 6.01. The fraction of sp³-hybridized carbons (Fsp3) is 0.222. The molecule has 0 bridgehead atoms. The molecule has 1 rings (SSSR count). The van der Waals surface area contributed by atoms with Crippen LogP contribution in [0.4, 0.5) is 5.13 Å². The number of carbonyl (C=O) groups is 1. The van der Waals surface area contributed by atoms with Crippen LogP contribution in [-0.2, 0) is 9.63 Å². The van der Waals surface area contributed by atoms with Gasteiger partial charge in [0, 0.05) is 11.1 Å². The minimum atomic E-state index is -1.45. The summed E-state index contributed by atoms with van der Waals surface area (Å²) in [5, 5.41) is 16.1. The Morgan fingerprint density at radius 2 is 2.41 bits per heavy atom. The van der Waals surface area contributed by atoms with Gasteiger partial charge in [0.25, 0.3) is 0 Å². The van der Waals surface area contributed by atoms with Gasteiger partial charge in [-0.3, -0.25) is 5.43 Å². The lowest BCUT2D eigenvalue weighted by molar-refractivity contribution is -0.294. The zero-order chi connectivity index (χ0) is 12.8. The van der Waals surface area contributed by atoms with Crippen molar-refractivity contribution in [3.8, 4) is 0 Å². The van der Waals surface area contributed by atoms with Crippen LogP contribution in [-0.4, -0.2) is 23.8 Å². The van der Waals surface area contributed by atoms with Crippen molar-refractivity contribution in [1.82, 2.24) is 10.4 Å². The zero-order valence-electron chi connectivity index (χ0n) is 9.31. The van der Waals surface area contributed by atoms with Crippen molar-refractivity contribution in [1.29, 1.82) is 0 Å². The van der Waals surface area contributed by atoms with Crippen molar-refractivity contribution in [2.24, 2.45) is 5.16 Å². The summed E-state index contributed by atoms with van der Waals surface area (Å²) in [6.07, 6.45) is 0. The number of hydrazine groups is 1. The largest absolute Gasteiger partial charge is 0.543 e. The van der Waals surface area contributed by atoms with Crippen LogP contribution < -0.4 is 16.0 Å². The van der Waals surface area contributed by atoms with Gasteiger partial charge in [0.15, 0.2) is 5.71 Å². The molecule has 1 aromatic heterocycles. The topological polar surface area (TPSA) is 98.7 Å². The van der Waals surface area contributed by atoms with Crippen LogP contribution >= 0.6 is 11.3 Å². The van der Waals surface area contributed by atoms with Crippen LogP contribution in [0.5, 0.6) is 0 Å². The monoisotopic (exact) mass is 255 g/mol. The first-order chi connectivity index (χ1) is 8.04. The molecular formula is C9H11N4O3S-. The Bertz CT molecular complexity index is 455. The third kappa shape index (κ3) is 3.76. The molecule has 0 spiro atoms. The lowest BCUT2D eigenvalue weighted by Crippen LogP contribution is -2.32. The first-order valence-corrected chi connectivity index (χ1v) is 5.38. The average molecular weight is 255 g/mol. The number of nitrogens with zero attached hydrogens (tertiary/aromatic N) is 2. The number of anilines is 1. The molecule has 0 amide bonds. The molecule has 7 nitrogen and oxygen atoms in total. The normalized spacial score (nSPS) is 10.8. The van der Waals surface area contributed by atoms with Crippen LogP contribution in [0, 0.1) is 0 Å². The van der Waals surface area contributed by atoms with Crippen molar-refractivity contribution in [2.45, 2.75) is 6.92 Å². The minimum Gasteiger partial charge on any atom is -0.543 e. The van der Waals surface area contributed by atoms with Gasteiger partial charge in [-0.2, -0.15) is 0 Å². The smallest absolute Gasteiger partial charge is 0.202 e. The van der Waals surface area contributed by atoms with E-state index in [2.05, 4.69) is 32.4 Å². The summed E-state index contributed by atoms with van der Waals surface area (Å²) in [5.74, 6) is -1.45. The van der Waals surface area contributed by atoms with E-state index in [9.17, 15) is 9.90 Å². The summed E-state index contributed by atoms with van der Waals surface area (Å²) in [4.78, 5) is 19.2. The number of carbonyl (C=O) groups excluding carboxylic acids is 1. The molecule has 0 fully saturated rings. The van der Waals surface area contributed by atoms with E-state index >= 15 is 0 Å². The summed E-state index contributed by atoms with van der Waals surface area (Å²) >= 11 is 1.21. The molecule has 17 heavy (non-hydrogen) atoms. The van der Waals surface area contributed by atoms with Crippen molar-refractivity contribution in [3.63, 3.8) is 0 Å². The maximum atomic E-state index is 10.8. The Kier molecular flexibility index (Phi) is 4.46. The summed E-state index contributed by atoms with van der Waals surface area (Å²) in [6, 6.07) is 0. The molecule has 0 aliphatic carbocycles. The van der Waals surface area contributed by atoms with E-state index in [1.807, 2.05) is 0 Å². The minimum absolute atomic E-state index is 0.169. The van der Waals surface area contributed by atoms with Crippen LogP contribution in [0.1, 0.15) is 12.6 Å². The molecule has 0 atom stereocenters. The van der Waals surface area contributed by atoms with E-state index in [1.165, 1.54) is 23.8 Å². The molecule has 0 radical (unpaired) electrons. The Labute approximate surface area is 102 Å². The predicted octanol–water partition coefficient (Wildman–Crippen LogP) is -0.306. The molecule has 0 aromatic carbocycles. The molecule has 1 heterocycles. The quantitative estimate of drug-likeness (QED) is 0.534. The fourth-order valence-electron chi connectivity index (χ4n) is 0.880. The molecule has 0 aliphatic heterocycles. The van der Waals surface area contributed by atoms with Gasteiger partial charge in [0.1, 0.15) is 12.8 Å². The van der Waals surface area contributed by atoms with E-state index in [1.54, 1.807) is 6.92 Å². The number of nitrogens with one attached hydrogen (secondary N) is 2. The van der Waals surface area contributed by atoms with E-state index in [0.29, 0.717) is 10.8 Å². The molecule has 1 aromatic rings. The maximum Gasteiger partial charge on any atom is 0.202 e. The second kappa shape index (κ2) is 5.85. The lowest BCUT2D eigenvalue weighted by atomic mass is 10.3. The van der Waals surface area contributed by atoms with Gasteiger partial charge < -0.3 is 20.2 Å². The highest BCUT2D eigenvalue weighted by Crippen LogP contribution is 2.15. The van der Waals surface area contributed by atoms with Crippen molar-refractivity contribution < 1.29 is 14.7 Å². The van der Waals surface area contributed by atoms with E-state index in [-0.39, 0.29) is 11.4 Å². The summed E-state index contributed by atoms with van der Waals surface area (Å²) < 4.78 is 0. The molecular weight excluding hydrogens is 244 g/mol. The van der Waals surface area contributed by atoms with E-state index in [0.717, 1.165) is 0 Å². The maximum absolute atomic E-state index is 10.8. The van der Waals surface area contributed by atoms with Crippen molar-refractivity contribution in [3.05, 3.63) is 23.3 Å². The van der Waals surface area contributed by atoms with Gasteiger partial charge in [-0.25, -0.2) is 4.98 Å².